The Morgan fingerprint density at radius 3 is 2.36 bits per heavy atom. The molecule has 1 heterocycles. The van der Waals surface area contributed by atoms with Gasteiger partial charge in [-0.25, -0.2) is 8.78 Å². The molecule has 0 unspecified atom stereocenters. The molecule has 1 aromatic heterocycles. The van der Waals surface area contributed by atoms with Crippen molar-refractivity contribution in [3.63, 3.8) is 0 Å². The Bertz CT molecular complexity index is 460. The Kier molecular flexibility index (Phi) is 2.08. The zero-order valence-corrected chi connectivity index (χ0v) is 7.26. The maximum atomic E-state index is 12.9. The topological polar surface area (TPSA) is 13.1 Å². The van der Waals surface area contributed by atoms with Crippen LogP contribution in [-0.4, -0.2) is 0 Å². The van der Waals surface area contributed by atoms with Gasteiger partial charge in [0.15, 0.2) is 11.6 Å². The molecule has 0 spiro atoms. The van der Waals surface area contributed by atoms with Crippen LogP contribution in [0.3, 0.4) is 0 Å². The summed E-state index contributed by atoms with van der Waals surface area (Å²) >= 11 is 0. The Labute approximate surface area is 80.0 Å². The first-order chi connectivity index (χ1) is 6.66. The van der Waals surface area contributed by atoms with Crippen molar-refractivity contribution < 1.29 is 13.2 Å². The SMILES string of the molecule is [CH2]c1cc(-c2ccc(F)c(F)c2)co1. The third-order valence-electron chi connectivity index (χ3n) is 1.91. The molecule has 1 nitrogen and oxygen atoms in total. The lowest BCUT2D eigenvalue weighted by Crippen LogP contribution is -1.83. The highest BCUT2D eigenvalue weighted by Crippen LogP contribution is 2.23. The molecule has 0 saturated heterocycles. The van der Waals surface area contributed by atoms with Crippen LogP contribution in [0.2, 0.25) is 0 Å². The number of hydrogen-bond acceptors (Lipinski definition) is 1. The van der Waals surface area contributed by atoms with Crippen molar-refractivity contribution in [2.75, 3.05) is 0 Å². The van der Waals surface area contributed by atoms with Gasteiger partial charge >= 0.3 is 0 Å². The molecule has 0 aliphatic rings. The second kappa shape index (κ2) is 3.25. The van der Waals surface area contributed by atoms with Crippen molar-refractivity contribution in [1.29, 1.82) is 0 Å². The predicted molar refractivity (Wildman–Crippen MR) is 48.5 cm³/mol. The smallest absolute Gasteiger partial charge is 0.159 e. The standard InChI is InChI=1S/C11H7F2O/c1-7-4-9(6-14-7)8-2-3-10(12)11(13)5-8/h2-6H,1H2. The summed E-state index contributed by atoms with van der Waals surface area (Å²) in [6.45, 7) is 3.57. The summed E-state index contributed by atoms with van der Waals surface area (Å²) in [5.41, 5.74) is 1.26. The van der Waals surface area contributed by atoms with Gasteiger partial charge in [-0.1, -0.05) is 6.07 Å². The van der Waals surface area contributed by atoms with Crippen LogP contribution in [0.5, 0.6) is 0 Å². The number of furan rings is 1. The molecule has 0 fully saturated rings. The normalized spacial score (nSPS) is 10.5. The zero-order valence-electron chi connectivity index (χ0n) is 7.26. The molecular formula is C11H7F2O. The molecule has 1 radical (unpaired) electrons. The molecule has 14 heavy (non-hydrogen) atoms. The van der Waals surface area contributed by atoms with Crippen molar-refractivity contribution >= 4 is 0 Å². The molecule has 2 aromatic rings. The Hall–Kier alpha value is -1.64. The van der Waals surface area contributed by atoms with Crippen LogP contribution in [0.15, 0.2) is 34.9 Å². The van der Waals surface area contributed by atoms with Gasteiger partial charge < -0.3 is 4.42 Å². The number of rotatable bonds is 1. The molecule has 0 bridgehead atoms. The molecule has 3 heteroatoms. The van der Waals surface area contributed by atoms with Crippen molar-refractivity contribution in [3.8, 4) is 11.1 Å². The first-order valence-electron chi connectivity index (χ1n) is 4.03. The van der Waals surface area contributed by atoms with Gasteiger partial charge in [0.1, 0.15) is 5.76 Å². The molecule has 0 amide bonds. The van der Waals surface area contributed by atoms with Gasteiger partial charge in [-0.2, -0.15) is 0 Å². The third-order valence-corrected chi connectivity index (χ3v) is 1.91. The van der Waals surface area contributed by atoms with E-state index in [1.807, 2.05) is 0 Å². The number of benzene rings is 1. The van der Waals surface area contributed by atoms with Gasteiger partial charge in [0, 0.05) is 12.5 Å². The van der Waals surface area contributed by atoms with Crippen LogP contribution in [0.25, 0.3) is 11.1 Å². The molecule has 0 atom stereocenters. The highest BCUT2D eigenvalue weighted by molar-refractivity contribution is 5.62. The fourth-order valence-corrected chi connectivity index (χ4v) is 1.21. The predicted octanol–water partition coefficient (Wildman–Crippen LogP) is 3.41. The first-order valence-corrected chi connectivity index (χ1v) is 4.03. The largest absolute Gasteiger partial charge is 0.469 e. The molecule has 0 saturated carbocycles. The summed E-state index contributed by atoms with van der Waals surface area (Å²) in [7, 11) is 0. The minimum atomic E-state index is -0.866. The van der Waals surface area contributed by atoms with Crippen LogP contribution in [0, 0.1) is 18.6 Å². The molecular weight excluding hydrogens is 186 g/mol. The van der Waals surface area contributed by atoms with Gasteiger partial charge in [0.2, 0.25) is 0 Å². The van der Waals surface area contributed by atoms with Crippen molar-refractivity contribution in [2.45, 2.75) is 0 Å². The highest BCUT2D eigenvalue weighted by Gasteiger charge is 2.05. The van der Waals surface area contributed by atoms with E-state index in [4.69, 9.17) is 4.42 Å². The van der Waals surface area contributed by atoms with Crippen LogP contribution < -0.4 is 0 Å². The van der Waals surface area contributed by atoms with E-state index in [1.54, 1.807) is 6.07 Å². The summed E-state index contributed by atoms with van der Waals surface area (Å²) in [5, 5.41) is 0. The van der Waals surface area contributed by atoms with E-state index in [-0.39, 0.29) is 0 Å². The zero-order chi connectivity index (χ0) is 10.1. The van der Waals surface area contributed by atoms with E-state index in [0.717, 1.165) is 12.1 Å². The molecule has 1 aromatic carbocycles. The van der Waals surface area contributed by atoms with Crippen molar-refractivity contribution in [3.05, 3.63) is 54.8 Å². The van der Waals surface area contributed by atoms with Crippen LogP contribution >= 0.6 is 0 Å². The van der Waals surface area contributed by atoms with Crippen LogP contribution in [-0.2, 0) is 0 Å². The van der Waals surface area contributed by atoms with Crippen molar-refractivity contribution in [2.24, 2.45) is 0 Å². The van der Waals surface area contributed by atoms with Crippen molar-refractivity contribution in [1.82, 2.24) is 0 Å². The molecule has 0 N–H and O–H groups in total. The van der Waals surface area contributed by atoms with Gasteiger partial charge in [0.25, 0.3) is 0 Å². The summed E-state index contributed by atoms with van der Waals surface area (Å²) in [6, 6.07) is 5.36. The molecule has 0 aliphatic carbocycles. The number of halogens is 2. The summed E-state index contributed by atoms with van der Waals surface area (Å²) in [5.74, 6) is -1.23. The van der Waals surface area contributed by atoms with Crippen LogP contribution in [0.1, 0.15) is 5.76 Å². The van der Waals surface area contributed by atoms with Gasteiger partial charge in [-0.3, -0.25) is 0 Å². The first kappa shape index (κ1) is 8.94. The van der Waals surface area contributed by atoms with Gasteiger partial charge in [0.05, 0.1) is 6.26 Å². The molecule has 2 rings (SSSR count). The average Bonchev–Trinajstić information content (AvgIpc) is 2.57. The van der Waals surface area contributed by atoms with E-state index in [0.29, 0.717) is 16.9 Å². The fraction of sp³-hybridized carbons (Fsp3) is 0. The Balaban J connectivity index is 2.47. The maximum Gasteiger partial charge on any atom is 0.159 e. The van der Waals surface area contributed by atoms with Gasteiger partial charge in [-0.15, -0.1) is 0 Å². The summed E-state index contributed by atoms with van der Waals surface area (Å²) in [6.07, 6.45) is 1.45. The minimum Gasteiger partial charge on any atom is -0.469 e. The number of hydrogen-bond donors (Lipinski definition) is 0. The van der Waals surface area contributed by atoms with E-state index in [1.165, 1.54) is 12.3 Å². The Morgan fingerprint density at radius 1 is 1.00 bits per heavy atom. The van der Waals surface area contributed by atoms with E-state index >= 15 is 0 Å². The lowest BCUT2D eigenvalue weighted by atomic mass is 10.1. The third kappa shape index (κ3) is 1.53. The summed E-state index contributed by atoms with van der Waals surface area (Å²) in [4.78, 5) is 0. The second-order valence-electron chi connectivity index (χ2n) is 2.93. The molecule has 71 valence electrons. The van der Waals surface area contributed by atoms with E-state index in [9.17, 15) is 8.78 Å². The van der Waals surface area contributed by atoms with E-state index < -0.39 is 11.6 Å². The quantitative estimate of drug-likeness (QED) is 0.676. The second-order valence-corrected chi connectivity index (χ2v) is 2.93. The summed E-state index contributed by atoms with van der Waals surface area (Å²) < 4.78 is 30.4. The van der Waals surface area contributed by atoms with E-state index in [2.05, 4.69) is 6.92 Å². The van der Waals surface area contributed by atoms with Gasteiger partial charge in [-0.05, 0) is 23.8 Å². The molecule has 0 aliphatic heterocycles. The average molecular weight is 193 g/mol. The minimum absolute atomic E-state index is 0.490. The highest BCUT2D eigenvalue weighted by atomic mass is 19.2. The lowest BCUT2D eigenvalue weighted by molar-refractivity contribution is 0.509. The maximum absolute atomic E-state index is 12.9. The monoisotopic (exact) mass is 193 g/mol. The Morgan fingerprint density at radius 2 is 1.79 bits per heavy atom. The van der Waals surface area contributed by atoms with Crippen LogP contribution in [0.4, 0.5) is 8.78 Å². The lowest BCUT2D eigenvalue weighted by Gasteiger charge is -1.97. The fourth-order valence-electron chi connectivity index (χ4n) is 1.21.